The van der Waals surface area contributed by atoms with Crippen LogP contribution in [0.2, 0.25) is 0 Å². The normalized spacial score (nSPS) is 15.5. The third-order valence-corrected chi connectivity index (χ3v) is 6.55. The molecule has 0 unspecified atom stereocenters. The fraction of sp³-hybridized carbons (Fsp3) is 0.278. The monoisotopic (exact) mass is 400 g/mol. The predicted molar refractivity (Wildman–Crippen MR) is 103 cm³/mol. The Hall–Kier alpha value is -2.98. The van der Waals surface area contributed by atoms with Gasteiger partial charge >= 0.3 is 0 Å². The van der Waals surface area contributed by atoms with Crippen LogP contribution in [0.15, 0.2) is 59.8 Å². The van der Waals surface area contributed by atoms with Crippen LogP contribution in [-0.4, -0.2) is 66.0 Å². The number of anilines is 1. The molecule has 10 heteroatoms. The number of piperazine rings is 1. The van der Waals surface area contributed by atoms with Crippen molar-refractivity contribution in [2.45, 2.75) is 4.90 Å². The molecule has 0 bridgehead atoms. The second-order valence-electron chi connectivity index (χ2n) is 6.27. The molecule has 9 nitrogen and oxygen atoms in total. The van der Waals surface area contributed by atoms with Crippen LogP contribution in [-0.2, 0) is 10.0 Å². The topological polar surface area (TPSA) is 93.5 Å². The molecule has 1 aliphatic rings. The lowest BCUT2D eigenvalue weighted by Crippen LogP contribution is -2.49. The van der Waals surface area contributed by atoms with Crippen LogP contribution in [0.1, 0.15) is 0 Å². The quantitative estimate of drug-likeness (QED) is 0.635. The summed E-state index contributed by atoms with van der Waals surface area (Å²) in [7, 11) is -1.98. The van der Waals surface area contributed by atoms with Crippen molar-refractivity contribution in [3.63, 3.8) is 0 Å². The number of sulfonamides is 1. The number of aromatic nitrogens is 4. The van der Waals surface area contributed by atoms with Gasteiger partial charge in [-0.2, -0.15) is 9.40 Å². The highest BCUT2D eigenvalue weighted by atomic mass is 32.2. The lowest BCUT2D eigenvalue weighted by atomic mass is 10.3. The van der Waals surface area contributed by atoms with E-state index in [1.54, 1.807) is 48.5 Å². The maximum absolute atomic E-state index is 12.8. The molecule has 4 rings (SSSR count). The first-order chi connectivity index (χ1) is 13.6. The minimum Gasteiger partial charge on any atom is -0.497 e. The van der Waals surface area contributed by atoms with Crippen molar-refractivity contribution in [2.75, 3.05) is 38.2 Å². The third-order valence-electron chi connectivity index (χ3n) is 4.64. The van der Waals surface area contributed by atoms with Gasteiger partial charge in [0, 0.05) is 38.6 Å². The average molecular weight is 400 g/mol. The molecule has 0 amide bonds. The van der Waals surface area contributed by atoms with E-state index in [0.717, 1.165) is 5.82 Å². The highest BCUT2D eigenvalue weighted by Crippen LogP contribution is 2.22. The summed E-state index contributed by atoms with van der Waals surface area (Å²) >= 11 is 0. The highest BCUT2D eigenvalue weighted by Gasteiger charge is 2.29. The number of nitrogens with zero attached hydrogens (tertiary/aromatic N) is 6. The molecule has 0 spiro atoms. The van der Waals surface area contributed by atoms with Gasteiger partial charge < -0.3 is 9.64 Å². The van der Waals surface area contributed by atoms with Gasteiger partial charge in [-0.25, -0.2) is 13.1 Å². The summed E-state index contributed by atoms with van der Waals surface area (Å²) in [6.07, 6.45) is 3.48. The number of ether oxygens (including phenoxy) is 1. The summed E-state index contributed by atoms with van der Waals surface area (Å²) in [5.41, 5.74) is 0. The molecule has 0 atom stereocenters. The summed E-state index contributed by atoms with van der Waals surface area (Å²) < 4.78 is 33.9. The van der Waals surface area contributed by atoms with Gasteiger partial charge in [0.05, 0.1) is 12.0 Å². The number of hydrogen-bond acceptors (Lipinski definition) is 7. The Labute approximate surface area is 163 Å². The summed E-state index contributed by atoms with van der Waals surface area (Å²) in [4.78, 5) is 2.30. The van der Waals surface area contributed by atoms with Crippen molar-refractivity contribution in [1.82, 2.24) is 24.3 Å². The Balaban J connectivity index is 1.42. The smallest absolute Gasteiger partial charge is 0.243 e. The lowest BCUT2D eigenvalue weighted by Gasteiger charge is -2.34. The summed E-state index contributed by atoms with van der Waals surface area (Å²) in [5.74, 6) is 1.98. The molecule has 1 aromatic carbocycles. The zero-order valence-corrected chi connectivity index (χ0v) is 16.2. The average Bonchev–Trinajstić information content (AvgIpc) is 3.29. The Morgan fingerprint density at radius 1 is 0.929 bits per heavy atom. The molecule has 1 aliphatic heterocycles. The molecule has 1 fully saturated rings. The first kappa shape index (κ1) is 18.4. The molecular formula is C18H20N6O3S. The zero-order valence-electron chi connectivity index (χ0n) is 15.3. The summed E-state index contributed by atoms with van der Waals surface area (Å²) in [6.45, 7) is 1.87. The molecule has 3 heterocycles. The van der Waals surface area contributed by atoms with E-state index in [-0.39, 0.29) is 4.90 Å². The van der Waals surface area contributed by atoms with Gasteiger partial charge in [-0.1, -0.05) is 0 Å². The van der Waals surface area contributed by atoms with Crippen molar-refractivity contribution in [2.24, 2.45) is 0 Å². The maximum atomic E-state index is 12.8. The van der Waals surface area contributed by atoms with Crippen LogP contribution in [0.25, 0.3) is 5.82 Å². The first-order valence-corrected chi connectivity index (χ1v) is 10.2. The van der Waals surface area contributed by atoms with Crippen LogP contribution >= 0.6 is 0 Å². The van der Waals surface area contributed by atoms with Crippen molar-refractivity contribution >= 4 is 15.8 Å². The molecule has 3 aromatic rings. The van der Waals surface area contributed by atoms with Gasteiger partial charge in [0.25, 0.3) is 0 Å². The fourth-order valence-electron chi connectivity index (χ4n) is 3.07. The Bertz CT molecular complexity index is 1010. The van der Waals surface area contributed by atoms with E-state index in [1.807, 2.05) is 23.1 Å². The summed E-state index contributed by atoms with van der Waals surface area (Å²) in [5, 5.41) is 12.6. The number of rotatable bonds is 5. The third kappa shape index (κ3) is 3.56. The minimum absolute atomic E-state index is 0.269. The van der Waals surface area contributed by atoms with Crippen molar-refractivity contribution in [3.8, 4) is 11.6 Å². The van der Waals surface area contributed by atoms with Gasteiger partial charge in [-0.15, -0.1) is 10.2 Å². The second-order valence-corrected chi connectivity index (χ2v) is 8.20. The molecule has 0 saturated carbocycles. The van der Waals surface area contributed by atoms with E-state index < -0.39 is 10.0 Å². The van der Waals surface area contributed by atoms with Gasteiger partial charge in [-0.3, -0.25) is 0 Å². The van der Waals surface area contributed by atoms with Gasteiger partial charge in [0.2, 0.25) is 10.0 Å². The zero-order chi connectivity index (χ0) is 19.6. The molecular weight excluding hydrogens is 380 g/mol. The maximum Gasteiger partial charge on any atom is 0.243 e. The summed E-state index contributed by atoms with van der Waals surface area (Å²) in [6, 6.07) is 12.0. The molecule has 28 heavy (non-hydrogen) atoms. The van der Waals surface area contributed by atoms with Crippen molar-refractivity contribution in [1.29, 1.82) is 0 Å². The molecule has 1 saturated heterocycles. The Morgan fingerprint density at radius 2 is 1.61 bits per heavy atom. The van der Waals surface area contributed by atoms with Crippen LogP contribution in [0, 0.1) is 0 Å². The van der Waals surface area contributed by atoms with E-state index in [9.17, 15) is 8.42 Å². The van der Waals surface area contributed by atoms with E-state index in [4.69, 9.17) is 4.74 Å². The van der Waals surface area contributed by atoms with Crippen LogP contribution in [0.5, 0.6) is 5.75 Å². The fourth-order valence-corrected chi connectivity index (χ4v) is 4.49. The van der Waals surface area contributed by atoms with E-state index in [1.165, 1.54) is 4.31 Å². The number of benzene rings is 1. The number of methoxy groups -OCH3 is 1. The Morgan fingerprint density at radius 3 is 2.18 bits per heavy atom. The van der Waals surface area contributed by atoms with Crippen LogP contribution in [0.3, 0.4) is 0 Å². The van der Waals surface area contributed by atoms with Crippen LogP contribution in [0.4, 0.5) is 5.82 Å². The second kappa shape index (κ2) is 7.56. The van der Waals surface area contributed by atoms with E-state index >= 15 is 0 Å². The van der Waals surface area contributed by atoms with Gasteiger partial charge in [0.1, 0.15) is 5.75 Å². The molecule has 0 radical (unpaired) electrons. The first-order valence-electron chi connectivity index (χ1n) is 8.81. The molecule has 146 valence electrons. The predicted octanol–water partition coefficient (Wildman–Crippen LogP) is 1.18. The SMILES string of the molecule is COc1ccc(S(=O)(=O)N2CCN(c3ccc(-n4cccn4)nn3)CC2)cc1. The highest BCUT2D eigenvalue weighted by molar-refractivity contribution is 7.89. The lowest BCUT2D eigenvalue weighted by molar-refractivity contribution is 0.383. The minimum atomic E-state index is -3.53. The number of hydrogen-bond donors (Lipinski definition) is 0. The molecule has 0 aliphatic carbocycles. The van der Waals surface area contributed by atoms with E-state index in [2.05, 4.69) is 15.3 Å². The molecule has 0 N–H and O–H groups in total. The van der Waals surface area contributed by atoms with E-state index in [0.29, 0.717) is 37.7 Å². The molecule has 2 aromatic heterocycles. The van der Waals surface area contributed by atoms with Crippen molar-refractivity contribution in [3.05, 3.63) is 54.9 Å². The van der Waals surface area contributed by atoms with Gasteiger partial charge in [-0.05, 0) is 42.5 Å². The standard InChI is InChI=1S/C18H20N6O3S/c1-27-15-3-5-16(6-4-15)28(25,26)23-13-11-22(12-14-23)17-7-8-18(21-20-17)24-10-2-9-19-24/h2-10H,11-14H2,1H3. The Kier molecular flexibility index (Phi) is 4.97. The van der Waals surface area contributed by atoms with Crippen molar-refractivity contribution < 1.29 is 13.2 Å². The van der Waals surface area contributed by atoms with Gasteiger partial charge in [0.15, 0.2) is 11.6 Å². The largest absolute Gasteiger partial charge is 0.497 e. The van der Waals surface area contributed by atoms with Crippen LogP contribution < -0.4 is 9.64 Å².